The summed E-state index contributed by atoms with van der Waals surface area (Å²) in [6.45, 7) is 3.09. The second-order valence-corrected chi connectivity index (χ2v) is 8.28. The van der Waals surface area contributed by atoms with Gasteiger partial charge >= 0.3 is 0 Å². The minimum atomic E-state index is -0.283. The molecule has 37 heavy (non-hydrogen) atoms. The first-order valence-electron chi connectivity index (χ1n) is 12.0. The zero-order chi connectivity index (χ0) is 25.5. The normalized spacial score (nSPS) is 12.0. The summed E-state index contributed by atoms with van der Waals surface area (Å²) in [7, 11) is 0. The lowest BCUT2D eigenvalue weighted by atomic mass is 10.1. The minimum absolute atomic E-state index is 0.0577. The summed E-state index contributed by atoms with van der Waals surface area (Å²) >= 11 is 0. The zero-order valence-electron chi connectivity index (χ0n) is 20.4. The van der Waals surface area contributed by atoms with Crippen LogP contribution in [0.15, 0.2) is 84.0 Å². The zero-order valence-corrected chi connectivity index (χ0v) is 20.4. The smallest absolute Gasteiger partial charge is 0.259 e. The first-order valence-corrected chi connectivity index (χ1v) is 12.0. The van der Waals surface area contributed by atoms with Crippen LogP contribution in [-0.4, -0.2) is 32.1 Å². The predicted octanol–water partition coefficient (Wildman–Crippen LogP) is 5.11. The van der Waals surface area contributed by atoms with E-state index in [1.54, 1.807) is 18.3 Å². The van der Waals surface area contributed by atoms with Crippen molar-refractivity contribution in [2.24, 2.45) is 5.10 Å². The number of benzene rings is 4. The molecule has 0 saturated carbocycles. The number of hydrogen-bond acceptors (Lipinski definition) is 7. The molecular weight excluding hydrogens is 470 g/mol. The Balaban J connectivity index is 1.17. The predicted molar refractivity (Wildman–Crippen MR) is 143 cm³/mol. The molecule has 1 aliphatic heterocycles. The van der Waals surface area contributed by atoms with Crippen LogP contribution < -0.4 is 29.7 Å². The largest absolute Gasteiger partial charge is 0.490 e. The Morgan fingerprint density at radius 1 is 0.946 bits per heavy atom. The molecule has 188 valence electrons. The molecule has 0 radical (unpaired) electrons. The maximum atomic E-state index is 12.2. The van der Waals surface area contributed by atoms with Gasteiger partial charge in [-0.05, 0) is 59.2 Å². The SMILES string of the molecule is CCOc1cc(/C=N\NC(=O)CNc2ccc3c(c2)OCO3)ccc1OCc1cccc2ccccc12. The fourth-order valence-corrected chi connectivity index (χ4v) is 3.97. The van der Waals surface area contributed by atoms with Crippen molar-refractivity contribution in [3.05, 3.63) is 90.0 Å². The van der Waals surface area contributed by atoms with Crippen molar-refractivity contribution in [3.8, 4) is 23.0 Å². The van der Waals surface area contributed by atoms with Gasteiger partial charge < -0.3 is 24.3 Å². The van der Waals surface area contributed by atoms with E-state index in [4.69, 9.17) is 18.9 Å². The van der Waals surface area contributed by atoms with Gasteiger partial charge in [0.15, 0.2) is 23.0 Å². The molecule has 0 unspecified atom stereocenters. The number of hydrogen-bond donors (Lipinski definition) is 2. The molecule has 0 spiro atoms. The number of carbonyl (C=O) groups excluding carboxylic acids is 1. The summed E-state index contributed by atoms with van der Waals surface area (Å²) in [5.74, 6) is 2.31. The van der Waals surface area contributed by atoms with Crippen molar-refractivity contribution >= 4 is 28.6 Å². The Morgan fingerprint density at radius 2 is 1.81 bits per heavy atom. The molecule has 0 aliphatic carbocycles. The molecule has 2 N–H and O–H groups in total. The number of nitrogens with zero attached hydrogens (tertiary/aromatic N) is 1. The van der Waals surface area contributed by atoms with Gasteiger partial charge in [0.1, 0.15) is 6.61 Å². The van der Waals surface area contributed by atoms with Gasteiger partial charge in [0.05, 0.1) is 19.4 Å². The molecule has 8 heteroatoms. The first-order chi connectivity index (χ1) is 18.2. The number of fused-ring (bicyclic) bond motifs is 2. The quantitative estimate of drug-likeness (QED) is 0.234. The second-order valence-electron chi connectivity index (χ2n) is 8.28. The Morgan fingerprint density at radius 3 is 2.73 bits per heavy atom. The lowest BCUT2D eigenvalue weighted by molar-refractivity contribution is -0.119. The van der Waals surface area contributed by atoms with Crippen molar-refractivity contribution in [2.75, 3.05) is 25.3 Å². The van der Waals surface area contributed by atoms with Gasteiger partial charge in [0, 0.05) is 11.8 Å². The summed E-state index contributed by atoms with van der Waals surface area (Å²) in [5.41, 5.74) is 5.15. The summed E-state index contributed by atoms with van der Waals surface area (Å²) in [4.78, 5) is 12.2. The van der Waals surface area contributed by atoms with Gasteiger partial charge in [0.25, 0.3) is 5.91 Å². The van der Waals surface area contributed by atoms with Gasteiger partial charge in [0.2, 0.25) is 6.79 Å². The Hall–Kier alpha value is -4.72. The van der Waals surface area contributed by atoms with E-state index >= 15 is 0 Å². The van der Waals surface area contributed by atoms with Crippen molar-refractivity contribution in [2.45, 2.75) is 13.5 Å². The molecule has 4 aromatic carbocycles. The minimum Gasteiger partial charge on any atom is -0.490 e. The van der Waals surface area contributed by atoms with E-state index < -0.39 is 0 Å². The molecule has 4 aromatic rings. The summed E-state index contributed by atoms with van der Waals surface area (Å²) in [5, 5.41) is 9.44. The number of ether oxygens (including phenoxy) is 4. The van der Waals surface area contributed by atoms with Gasteiger partial charge in [-0.1, -0.05) is 42.5 Å². The van der Waals surface area contributed by atoms with Gasteiger partial charge in [-0.2, -0.15) is 5.10 Å². The van der Waals surface area contributed by atoms with Crippen molar-refractivity contribution < 1.29 is 23.7 Å². The maximum Gasteiger partial charge on any atom is 0.259 e. The van der Waals surface area contributed by atoms with Crippen LogP contribution >= 0.6 is 0 Å². The molecular formula is C29H27N3O5. The highest BCUT2D eigenvalue weighted by molar-refractivity contribution is 5.86. The van der Waals surface area contributed by atoms with Crippen molar-refractivity contribution in [1.82, 2.24) is 5.43 Å². The monoisotopic (exact) mass is 497 g/mol. The highest BCUT2D eigenvalue weighted by Crippen LogP contribution is 2.34. The van der Waals surface area contributed by atoms with Crippen LogP contribution in [0.3, 0.4) is 0 Å². The van der Waals surface area contributed by atoms with E-state index in [9.17, 15) is 4.79 Å². The van der Waals surface area contributed by atoms with E-state index in [0.29, 0.717) is 36.2 Å². The fourth-order valence-electron chi connectivity index (χ4n) is 3.97. The van der Waals surface area contributed by atoms with E-state index in [2.05, 4.69) is 40.1 Å². The Kier molecular flexibility index (Phi) is 7.36. The number of nitrogens with one attached hydrogen (secondary N) is 2. The van der Waals surface area contributed by atoms with Crippen LogP contribution in [0.4, 0.5) is 5.69 Å². The third-order valence-corrected chi connectivity index (χ3v) is 5.76. The number of rotatable bonds is 10. The molecule has 8 nitrogen and oxygen atoms in total. The third-order valence-electron chi connectivity index (χ3n) is 5.76. The molecule has 0 aromatic heterocycles. The van der Waals surface area contributed by atoms with E-state index in [1.165, 1.54) is 5.39 Å². The topological polar surface area (TPSA) is 90.4 Å². The Bertz CT molecular complexity index is 1430. The summed E-state index contributed by atoms with van der Waals surface area (Å²) in [6, 6.07) is 25.4. The third kappa shape index (κ3) is 5.92. The van der Waals surface area contributed by atoms with Crippen LogP contribution in [0.2, 0.25) is 0 Å². The van der Waals surface area contributed by atoms with Crippen molar-refractivity contribution in [1.29, 1.82) is 0 Å². The average Bonchev–Trinajstić information content (AvgIpc) is 3.40. The van der Waals surface area contributed by atoms with E-state index in [1.807, 2.05) is 49.4 Å². The second kappa shape index (κ2) is 11.3. The van der Waals surface area contributed by atoms with E-state index in [-0.39, 0.29) is 19.2 Å². The highest BCUT2D eigenvalue weighted by Gasteiger charge is 2.13. The molecule has 0 atom stereocenters. The summed E-state index contributed by atoms with van der Waals surface area (Å²) < 4.78 is 22.5. The highest BCUT2D eigenvalue weighted by atomic mass is 16.7. The van der Waals surface area contributed by atoms with E-state index in [0.717, 1.165) is 22.2 Å². The van der Waals surface area contributed by atoms with Gasteiger partial charge in [-0.25, -0.2) is 5.43 Å². The number of hydrazone groups is 1. The molecule has 5 rings (SSSR count). The van der Waals surface area contributed by atoms with Crippen molar-refractivity contribution in [3.63, 3.8) is 0 Å². The number of anilines is 1. The van der Waals surface area contributed by atoms with Gasteiger partial charge in [-0.3, -0.25) is 4.79 Å². The number of carbonyl (C=O) groups is 1. The number of amides is 1. The standard InChI is InChI=1S/C29H27N3O5/c1-2-34-27-14-20(10-12-25(27)35-18-22-8-5-7-21-6-3-4-9-24(21)22)16-31-32-29(33)17-30-23-11-13-26-28(15-23)37-19-36-26/h3-16,30H,2,17-19H2,1H3,(H,32,33)/b31-16-. The maximum absolute atomic E-state index is 12.2. The molecule has 0 bridgehead atoms. The van der Waals surface area contributed by atoms with Crippen LogP contribution in [0, 0.1) is 0 Å². The molecule has 1 heterocycles. The van der Waals surface area contributed by atoms with Crippen LogP contribution in [0.5, 0.6) is 23.0 Å². The molecule has 0 fully saturated rings. The van der Waals surface area contributed by atoms with Crippen LogP contribution in [0.25, 0.3) is 10.8 Å². The lowest BCUT2D eigenvalue weighted by Crippen LogP contribution is -2.25. The fraction of sp³-hybridized carbons (Fsp3) is 0.172. The van der Waals surface area contributed by atoms with Crippen LogP contribution in [-0.2, 0) is 11.4 Å². The van der Waals surface area contributed by atoms with Crippen LogP contribution in [0.1, 0.15) is 18.1 Å². The summed E-state index contributed by atoms with van der Waals surface area (Å²) in [6.07, 6.45) is 1.56. The molecule has 1 amide bonds. The van der Waals surface area contributed by atoms with Gasteiger partial charge in [-0.15, -0.1) is 0 Å². The molecule has 1 aliphatic rings. The first kappa shape index (κ1) is 24.0. The Labute approximate surface area is 214 Å². The molecule has 0 saturated heterocycles. The average molecular weight is 498 g/mol. The lowest BCUT2D eigenvalue weighted by Gasteiger charge is -2.13.